The molecule has 15 rings (SSSR count). The zero-order valence-electron chi connectivity index (χ0n) is 49.9. The third-order valence-electron chi connectivity index (χ3n) is 18.1. The maximum atomic E-state index is 2.67. The molecule has 0 atom stereocenters. The van der Waals surface area contributed by atoms with Gasteiger partial charge in [-0.15, -0.1) is 0 Å². The van der Waals surface area contributed by atoms with E-state index in [0.29, 0.717) is 0 Å². The highest BCUT2D eigenvalue weighted by Gasteiger charge is 2.33. The summed E-state index contributed by atoms with van der Waals surface area (Å²) in [5.41, 5.74) is 24.3. The average molecular weight is 1090 g/mol. The van der Waals surface area contributed by atoms with Gasteiger partial charge in [0.1, 0.15) is 0 Å². The maximum absolute atomic E-state index is 2.67. The van der Waals surface area contributed by atoms with Crippen LogP contribution in [0.5, 0.6) is 0 Å². The summed E-state index contributed by atoms with van der Waals surface area (Å²) in [6, 6.07) is 86.9. The first-order valence-electron chi connectivity index (χ1n) is 30.2. The second kappa shape index (κ2) is 19.1. The van der Waals surface area contributed by atoms with Crippen molar-refractivity contribution in [3.63, 3.8) is 0 Å². The molecule has 4 heteroatoms. The molecule has 84 heavy (non-hydrogen) atoms. The van der Waals surface area contributed by atoms with Gasteiger partial charge in [0, 0.05) is 65.6 Å². The van der Waals surface area contributed by atoms with Gasteiger partial charge in [0.2, 0.25) is 0 Å². The molecule has 0 saturated heterocycles. The molecular weight excluding hydrogens is 1020 g/mol. The normalized spacial score (nSPS) is 12.6. The van der Waals surface area contributed by atoms with Crippen LogP contribution in [-0.2, 0) is 10.8 Å². The number of aromatic nitrogens is 2. The number of benzene rings is 11. The van der Waals surface area contributed by atoms with Crippen LogP contribution in [0.1, 0.15) is 103 Å². The summed E-state index contributed by atoms with van der Waals surface area (Å²) in [5.74, 6) is 0.577. The lowest BCUT2D eigenvalue weighted by atomic mass is 9.85. The van der Waals surface area contributed by atoms with Gasteiger partial charge in [0.25, 0.3) is 0 Å². The molecule has 15 aromatic rings. The minimum Gasteiger partial charge on any atom is -0.309 e. The van der Waals surface area contributed by atoms with Crippen molar-refractivity contribution >= 4 is 110 Å². The summed E-state index contributed by atoms with van der Waals surface area (Å²) < 4.78 is 5.33. The van der Waals surface area contributed by atoms with Crippen LogP contribution >= 0.6 is 0 Å². The topological polar surface area (TPSA) is 15.3 Å². The zero-order valence-corrected chi connectivity index (χ0v) is 49.9. The first-order valence-corrected chi connectivity index (χ1v) is 30.2. The highest BCUT2D eigenvalue weighted by molar-refractivity contribution is 6.33. The Hall–Kier alpha value is -9.38. The van der Waals surface area contributed by atoms with Crippen molar-refractivity contribution in [1.29, 1.82) is 0 Å². The van der Waals surface area contributed by atoms with Crippen LogP contribution in [-0.4, -0.2) is 8.80 Å². The molecule has 0 aliphatic carbocycles. The summed E-state index contributed by atoms with van der Waals surface area (Å²) in [6.07, 6.45) is 0. The largest absolute Gasteiger partial charge is 0.309 e. The summed E-state index contributed by atoms with van der Waals surface area (Å²) in [5, 5.41) is 10.1. The summed E-state index contributed by atoms with van der Waals surface area (Å²) in [7, 11) is 0. The van der Waals surface area contributed by atoms with E-state index in [1.807, 2.05) is 0 Å². The molecule has 0 fully saturated rings. The lowest BCUT2D eigenvalue weighted by Gasteiger charge is -2.31. The molecule has 0 spiro atoms. The Balaban J connectivity index is 1.09. The van der Waals surface area contributed by atoms with Gasteiger partial charge in [-0.2, -0.15) is 0 Å². The molecule has 0 N–H and O–H groups in total. The molecule has 11 aromatic carbocycles. The molecular formula is C80H70N4. The monoisotopic (exact) mass is 1090 g/mol. The van der Waals surface area contributed by atoms with Crippen LogP contribution in [0.4, 0.5) is 34.1 Å². The van der Waals surface area contributed by atoms with Gasteiger partial charge in [-0.25, -0.2) is 0 Å². The number of para-hydroxylation sites is 6. The molecule has 0 aliphatic heterocycles. The van der Waals surface area contributed by atoms with Crippen LogP contribution in [0.15, 0.2) is 231 Å². The molecule has 0 unspecified atom stereocenters. The Morgan fingerprint density at radius 1 is 0.298 bits per heavy atom. The molecule has 4 heterocycles. The van der Waals surface area contributed by atoms with Gasteiger partial charge in [-0.05, 0) is 105 Å². The Morgan fingerprint density at radius 3 is 1.04 bits per heavy atom. The van der Waals surface area contributed by atoms with E-state index >= 15 is 0 Å². The van der Waals surface area contributed by atoms with Crippen LogP contribution in [0.2, 0.25) is 0 Å². The van der Waals surface area contributed by atoms with Crippen molar-refractivity contribution in [3.8, 4) is 22.3 Å². The van der Waals surface area contributed by atoms with E-state index in [-0.39, 0.29) is 22.7 Å². The van der Waals surface area contributed by atoms with Crippen LogP contribution in [0.3, 0.4) is 0 Å². The number of hydrogen-bond acceptors (Lipinski definition) is 2. The second-order valence-electron chi connectivity index (χ2n) is 26.0. The average Bonchev–Trinajstić information content (AvgIpc) is 1.67. The molecule has 0 saturated carbocycles. The summed E-state index contributed by atoms with van der Waals surface area (Å²) >= 11 is 0. The number of nitrogens with zero attached hydrogens (tertiary/aromatic N) is 4. The highest BCUT2D eigenvalue weighted by Crippen LogP contribution is 2.55. The number of anilines is 6. The van der Waals surface area contributed by atoms with Gasteiger partial charge in [-0.1, -0.05) is 251 Å². The van der Waals surface area contributed by atoms with E-state index in [1.54, 1.807) is 0 Å². The van der Waals surface area contributed by atoms with E-state index in [4.69, 9.17) is 0 Å². The molecule has 4 aromatic heterocycles. The molecule has 0 aliphatic rings. The Bertz CT molecular complexity index is 4720. The molecule has 4 nitrogen and oxygen atoms in total. The van der Waals surface area contributed by atoms with E-state index < -0.39 is 0 Å². The van der Waals surface area contributed by atoms with Gasteiger partial charge >= 0.3 is 0 Å². The standard InChI is InChI=1S/C80H70N4/c1-49(2)53-31-17-21-39-65(53)81(67-41-23-19-33-55(67)51-27-13-11-14-28-51)69-45-43-57-61-47-72-62(48-71(61)83-75-59(73(69)77(57)83)35-25-37-63(75)79(5,6)7)58-44-46-70(74-60-36-26-38-64(80(8,9)10)76(60)84(72)78(58)74)82(66-40-22-18-32-54(66)50(3)4)68-42-24-20-34-56(68)52-29-15-12-16-30-52/h11-50H,1-10H3. The first kappa shape index (κ1) is 51.5. The third kappa shape index (κ3) is 7.65. The molecule has 0 radical (unpaired) electrons. The van der Waals surface area contributed by atoms with Crippen molar-refractivity contribution in [2.24, 2.45) is 0 Å². The fraction of sp³-hybridized carbons (Fsp3) is 0.175. The maximum Gasteiger partial charge on any atom is 0.0641 e. The predicted octanol–water partition coefficient (Wildman–Crippen LogP) is 23.1. The Kier molecular flexibility index (Phi) is 11.7. The van der Waals surface area contributed by atoms with Crippen molar-refractivity contribution in [2.45, 2.75) is 91.9 Å². The number of hydrogen-bond donors (Lipinski definition) is 0. The highest BCUT2D eigenvalue weighted by atomic mass is 15.2. The lowest BCUT2D eigenvalue weighted by Crippen LogP contribution is -2.14. The van der Waals surface area contributed by atoms with Gasteiger partial charge < -0.3 is 18.6 Å². The fourth-order valence-corrected chi connectivity index (χ4v) is 14.4. The van der Waals surface area contributed by atoms with Crippen LogP contribution < -0.4 is 9.80 Å². The first-order chi connectivity index (χ1) is 40.7. The van der Waals surface area contributed by atoms with Crippen LogP contribution in [0, 0.1) is 0 Å². The van der Waals surface area contributed by atoms with Gasteiger partial charge in [0.05, 0.1) is 55.8 Å². The lowest BCUT2D eigenvalue weighted by molar-refractivity contribution is 0.594. The van der Waals surface area contributed by atoms with Gasteiger partial charge in [0.15, 0.2) is 0 Å². The predicted molar refractivity (Wildman–Crippen MR) is 362 cm³/mol. The number of rotatable bonds is 10. The van der Waals surface area contributed by atoms with Crippen molar-refractivity contribution in [1.82, 2.24) is 8.80 Å². The molecule has 0 bridgehead atoms. The number of fused-ring (bicyclic) bond motifs is 12. The summed E-state index contributed by atoms with van der Waals surface area (Å²) in [6.45, 7) is 23.5. The molecule has 0 amide bonds. The summed E-state index contributed by atoms with van der Waals surface area (Å²) in [4.78, 5) is 5.16. The third-order valence-corrected chi connectivity index (χ3v) is 18.1. The van der Waals surface area contributed by atoms with E-state index in [2.05, 4.69) is 318 Å². The van der Waals surface area contributed by atoms with Crippen molar-refractivity contribution in [3.05, 3.63) is 253 Å². The Labute approximate surface area is 493 Å². The quantitative estimate of drug-likeness (QED) is 0.136. The fourth-order valence-electron chi connectivity index (χ4n) is 14.4. The van der Waals surface area contributed by atoms with Gasteiger partial charge in [-0.3, -0.25) is 0 Å². The van der Waals surface area contributed by atoms with Crippen LogP contribution in [0.25, 0.3) is 98.4 Å². The SMILES string of the molecule is CC(C)c1ccccc1N(c1ccccc1-c1ccccc1)c1ccc2c3cc4c(cc3n3c5c(C(C)(C)C)cccc5c1c23)c1ccc(N(c2ccccc2-c2ccccc2)c2ccccc2C(C)C)c2c3cccc(C(C)(C)C)c3n4c12. The molecule has 410 valence electrons. The van der Waals surface area contributed by atoms with E-state index in [0.717, 1.165) is 11.4 Å². The zero-order chi connectivity index (χ0) is 57.5. The second-order valence-corrected chi connectivity index (χ2v) is 26.0. The smallest absolute Gasteiger partial charge is 0.0641 e. The van der Waals surface area contributed by atoms with Crippen molar-refractivity contribution in [2.75, 3.05) is 9.80 Å². The minimum absolute atomic E-state index is 0.154. The Morgan fingerprint density at radius 2 is 0.655 bits per heavy atom. The minimum atomic E-state index is -0.154. The van der Waals surface area contributed by atoms with Crippen molar-refractivity contribution < 1.29 is 0 Å². The van der Waals surface area contributed by atoms with E-state index in [9.17, 15) is 0 Å². The van der Waals surface area contributed by atoms with E-state index in [1.165, 1.54) is 143 Å².